The number of anilines is 1. The molecular weight excluding hydrogens is 545 g/mol. The maximum absolute atomic E-state index is 13.1. The van der Waals surface area contributed by atoms with Crippen molar-refractivity contribution in [3.63, 3.8) is 0 Å². The maximum Gasteiger partial charge on any atom is 0.335 e. The zero-order valence-electron chi connectivity index (χ0n) is 19.9. The Balaban J connectivity index is 1.40. The first-order chi connectivity index (χ1) is 18.7. The van der Waals surface area contributed by atoms with Crippen LogP contribution in [-0.2, 0) is 16.2 Å². The Kier molecular flexibility index (Phi) is 7.02. The van der Waals surface area contributed by atoms with Crippen molar-refractivity contribution in [2.75, 3.05) is 4.90 Å². The van der Waals surface area contributed by atoms with Gasteiger partial charge >= 0.3 is 6.03 Å². The minimum absolute atomic E-state index is 0.0507. The number of ether oxygens (including phenoxy) is 1. The molecule has 1 heterocycles. The van der Waals surface area contributed by atoms with Gasteiger partial charge in [-0.25, -0.2) is 9.69 Å². The van der Waals surface area contributed by atoms with E-state index < -0.39 is 22.8 Å². The highest BCUT2D eigenvalue weighted by atomic mass is 35.5. The number of non-ortho nitro benzene ring substituents is 1. The van der Waals surface area contributed by atoms with Crippen LogP contribution >= 0.6 is 23.2 Å². The molecule has 4 aromatic rings. The number of nitro benzene ring substituents is 1. The van der Waals surface area contributed by atoms with E-state index in [4.69, 9.17) is 27.9 Å². The lowest BCUT2D eigenvalue weighted by atomic mass is 10.1. The van der Waals surface area contributed by atoms with Crippen LogP contribution < -0.4 is 15.0 Å². The Labute approximate surface area is 231 Å². The number of amides is 4. The number of nitrogens with zero attached hydrogens (tertiary/aromatic N) is 2. The minimum atomic E-state index is -0.982. The summed E-state index contributed by atoms with van der Waals surface area (Å²) >= 11 is 12.9. The second-order valence-electron chi connectivity index (χ2n) is 8.47. The number of hydrogen-bond acceptors (Lipinski definition) is 6. The normalized spacial score (nSPS) is 14.6. The number of rotatable bonds is 6. The SMILES string of the molecule is O=C1NC(=O)N(c2ccc([N+](=O)[O-])cc2)C(=O)/C1=C/c1cc(Cl)c(OCc2cccc3ccccc23)c(Cl)c1. The average molecular weight is 562 g/mol. The summed E-state index contributed by atoms with van der Waals surface area (Å²) in [5, 5.41) is 15.4. The summed E-state index contributed by atoms with van der Waals surface area (Å²) in [7, 11) is 0. The molecule has 194 valence electrons. The molecule has 0 radical (unpaired) electrons. The van der Waals surface area contributed by atoms with Gasteiger partial charge in [-0.15, -0.1) is 0 Å². The van der Waals surface area contributed by atoms with Gasteiger partial charge in [-0.2, -0.15) is 0 Å². The number of nitrogens with one attached hydrogen (secondary N) is 1. The molecule has 1 aliphatic heterocycles. The number of fused-ring (bicyclic) bond motifs is 1. The molecule has 0 aliphatic carbocycles. The van der Waals surface area contributed by atoms with Crippen molar-refractivity contribution in [2.45, 2.75) is 6.61 Å². The van der Waals surface area contributed by atoms with Crippen molar-refractivity contribution >= 4 is 69.3 Å². The minimum Gasteiger partial charge on any atom is -0.486 e. The first-order valence-corrected chi connectivity index (χ1v) is 12.2. The third-order valence-electron chi connectivity index (χ3n) is 6.00. The van der Waals surface area contributed by atoms with E-state index in [2.05, 4.69) is 5.32 Å². The number of carbonyl (C=O) groups excluding carboxylic acids is 3. The molecule has 0 unspecified atom stereocenters. The van der Waals surface area contributed by atoms with E-state index in [-0.39, 0.29) is 39.3 Å². The maximum atomic E-state index is 13.1. The fourth-order valence-electron chi connectivity index (χ4n) is 4.15. The Hall–Kier alpha value is -4.73. The van der Waals surface area contributed by atoms with Crippen LogP contribution in [0, 0.1) is 10.1 Å². The fourth-order valence-corrected chi connectivity index (χ4v) is 4.76. The molecule has 5 rings (SSSR count). The molecule has 1 saturated heterocycles. The van der Waals surface area contributed by atoms with Crippen LogP contribution in [0.3, 0.4) is 0 Å². The standard InChI is InChI=1S/C28H17Cl2N3O6/c29-23-13-16(14-24(30)25(23)39-15-18-6-3-5-17-4-1-2-7-21(17)18)12-22-26(34)31-28(36)32(27(22)35)19-8-10-20(11-9-19)33(37)38/h1-14H,15H2,(H,31,34,36)/b22-12+. The Morgan fingerprint density at radius 1 is 0.923 bits per heavy atom. The molecule has 0 atom stereocenters. The lowest BCUT2D eigenvalue weighted by molar-refractivity contribution is -0.384. The van der Waals surface area contributed by atoms with Gasteiger partial charge in [-0.05, 0) is 52.2 Å². The van der Waals surface area contributed by atoms with Crippen LogP contribution in [0.5, 0.6) is 5.75 Å². The van der Waals surface area contributed by atoms with Crippen molar-refractivity contribution in [1.82, 2.24) is 5.32 Å². The molecule has 39 heavy (non-hydrogen) atoms. The number of urea groups is 1. The predicted molar refractivity (Wildman–Crippen MR) is 147 cm³/mol. The average Bonchev–Trinajstić information content (AvgIpc) is 2.91. The summed E-state index contributed by atoms with van der Waals surface area (Å²) in [5.41, 5.74) is 0.729. The first-order valence-electron chi connectivity index (χ1n) is 11.5. The van der Waals surface area contributed by atoms with E-state index in [0.717, 1.165) is 28.5 Å². The Bertz CT molecular complexity index is 1670. The van der Waals surface area contributed by atoms with Crippen LogP contribution in [0.25, 0.3) is 16.8 Å². The van der Waals surface area contributed by atoms with E-state index in [9.17, 15) is 24.5 Å². The van der Waals surface area contributed by atoms with Crippen molar-refractivity contribution in [3.8, 4) is 5.75 Å². The summed E-state index contributed by atoms with van der Waals surface area (Å²) in [6.45, 7) is 0.203. The number of halogens is 2. The second kappa shape index (κ2) is 10.6. The number of imide groups is 2. The van der Waals surface area contributed by atoms with Gasteiger partial charge in [0, 0.05) is 12.1 Å². The van der Waals surface area contributed by atoms with E-state index in [1.165, 1.54) is 30.3 Å². The topological polar surface area (TPSA) is 119 Å². The Morgan fingerprint density at radius 2 is 1.59 bits per heavy atom. The quantitative estimate of drug-likeness (QED) is 0.128. The fraction of sp³-hybridized carbons (Fsp3) is 0.0357. The molecular formula is C28H17Cl2N3O6. The third kappa shape index (κ3) is 5.18. The summed E-state index contributed by atoms with van der Waals surface area (Å²) in [4.78, 5) is 49.1. The monoisotopic (exact) mass is 561 g/mol. The first kappa shape index (κ1) is 25.9. The number of nitro groups is 1. The van der Waals surface area contributed by atoms with Crippen LogP contribution in [0.15, 0.2) is 84.4 Å². The van der Waals surface area contributed by atoms with Crippen molar-refractivity contribution in [2.24, 2.45) is 0 Å². The lowest BCUT2D eigenvalue weighted by Gasteiger charge is -2.26. The molecule has 0 bridgehead atoms. The zero-order chi connectivity index (χ0) is 27.7. The van der Waals surface area contributed by atoms with Crippen molar-refractivity contribution in [3.05, 3.63) is 116 Å². The van der Waals surface area contributed by atoms with Gasteiger partial charge in [0.05, 0.1) is 20.7 Å². The molecule has 4 amide bonds. The van der Waals surface area contributed by atoms with E-state index in [1.54, 1.807) is 0 Å². The van der Waals surface area contributed by atoms with Gasteiger partial charge in [0.25, 0.3) is 17.5 Å². The van der Waals surface area contributed by atoms with Gasteiger partial charge in [-0.3, -0.25) is 25.0 Å². The van der Waals surface area contributed by atoms with Crippen molar-refractivity contribution < 1.29 is 24.0 Å². The largest absolute Gasteiger partial charge is 0.486 e. The van der Waals surface area contributed by atoms with Gasteiger partial charge in [0.2, 0.25) is 0 Å². The molecule has 1 fully saturated rings. The van der Waals surface area contributed by atoms with Gasteiger partial charge in [0.15, 0.2) is 5.75 Å². The van der Waals surface area contributed by atoms with E-state index >= 15 is 0 Å². The highest BCUT2D eigenvalue weighted by molar-refractivity contribution is 6.40. The summed E-state index contributed by atoms with van der Waals surface area (Å²) < 4.78 is 5.93. The van der Waals surface area contributed by atoms with Gasteiger partial charge in [-0.1, -0.05) is 65.7 Å². The van der Waals surface area contributed by atoms with Crippen molar-refractivity contribution in [1.29, 1.82) is 0 Å². The van der Waals surface area contributed by atoms with E-state index in [0.29, 0.717) is 10.5 Å². The molecule has 11 heteroatoms. The Morgan fingerprint density at radius 3 is 2.28 bits per heavy atom. The molecule has 1 N–H and O–H groups in total. The van der Waals surface area contributed by atoms with Crippen LogP contribution in [-0.4, -0.2) is 22.8 Å². The van der Waals surface area contributed by atoms with Crippen LogP contribution in [0.1, 0.15) is 11.1 Å². The smallest absolute Gasteiger partial charge is 0.335 e. The summed E-state index contributed by atoms with van der Waals surface area (Å²) in [6, 6.07) is 20.5. The second-order valence-corrected chi connectivity index (χ2v) is 9.29. The molecule has 0 saturated carbocycles. The predicted octanol–water partition coefficient (Wildman–Crippen LogP) is 6.30. The molecule has 9 nitrogen and oxygen atoms in total. The molecule has 0 aromatic heterocycles. The van der Waals surface area contributed by atoms with Crippen LogP contribution in [0.2, 0.25) is 10.0 Å². The molecule has 4 aromatic carbocycles. The molecule has 1 aliphatic rings. The molecule has 0 spiro atoms. The third-order valence-corrected chi connectivity index (χ3v) is 6.57. The lowest BCUT2D eigenvalue weighted by Crippen LogP contribution is -2.54. The van der Waals surface area contributed by atoms with E-state index in [1.807, 2.05) is 42.5 Å². The van der Waals surface area contributed by atoms with Crippen LogP contribution in [0.4, 0.5) is 16.2 Å². The zero-order valence-corrected chi connectivity index (χ0v) is 21.4. The summed E-state index contributed by atoms with van der Waals surface area (Å²) in [6.07, 6.45) is 1.24. The van der Waals surface area contributed by atoms with Gasteiger partial charge < -0.3 is 4.74 Å². The highest BCUT2D eigenvalue weighted by Crippen LogP contribution is 2.36. The number of hydrogen-bond donors (Lipinski definition) is 1. The number of benzene rings is 4. The summed E-state index contributed by atoms with van der Waals surface area (Å²) in [5.74, 6) is -1.59. The highest BCUT2D eigenvalue weighted by Gasteiger charge is 2.37. The number of barbiturate groups is 1. The number of carbonyl (C=O) groups is 3. The van der Waals surface area contributed by atoms with Gasteiger partial charge in [0.1, 0.15) is 12.2 Å².